The third-order valence-corrected chi connectivity index (χ3v) is 9.65. The Labute approximate surface area is 263 Å². The van der Waals surface area contributed by atoms with Crippen molar-refractivity contribution in [3.05, 3.63) is 47.5 Å². The van der Waals surface area contributed by atoms with E-state index in [9.17, 15) is 33.9 Å². The summed E-state index contributed by atoms with van der Waals surface area (Å²) in [6, 6.07) is 4.74. The molecule has 6 amide bonds. The normalized spacial score (nSPS) is 24.7. The van der Waals surface area contributed by atoms with Crippen LogP contribution < -0.4 is 16.0 Å². The van der Waals surface area contributed by atoms with E-state index in [0.717, 1.165) is 44.9 Å². The predicted molar refractivity (Wildman–Crippen MR) is 164 cm³/mol. The summed E-state index contributed by atoms with van der Waals surface area (Å²) in [5, 5.41) is 18.1. The Kier molecular flexibility index (Phi) is 9.89. The van der Waals surface area contributed by atoms with Crippen molar-refractivity contribution in [2.24, 2.45) is 11.8 Å². The van der Waals surface area contributed by atoms with Crippen LogP contribution in [-0.4, -0.2) is 87.8 Å². The number of urea groups is 1. The number of hydrogen-bond acceptors (Lipinski definition) is 6. The lowest BCUT2D eigenvalue weighted by Crippen LogP contribution is -2.56. The second kappa shape index (κ2) is 13.8. The number of allylic oxidation sites excluding steroid dienone is 1. The van der Waals surface area contributed by atoms with Gasteiger partial charge in [-0.3, -0.25) is 24.1 Å². The van der Waals surface area contributed by atoms with Crippen molar-refractivity contribution >= 4 is 35.6 Å². The maximum Gasteiger partial charge on any atom is 0.330 e. The molecule has 12 heteroatoms. The molecule has 1 aromatic rings. The molecule has 0 spiro atoms. The van der Waals surface area contributed by atoms with Crippen LogP contribution in [0.15, 0.2) is 36.4 Å². The van der Waals surface area contributed by atoms with E-state index in [-0.39, 0.29) is 36.7 Å². The van der Waals surface area contributed by atoms with Gasteiger partial charge in [-0.05, 0) is 63.0 Å². The molecule has 4 aliphatic rings. The quantitative estimate of drug-likeness (QED) is 0.141. The molecule has 2 heterocycles. The second-order valence-electron chi connectivity index (χ2n) is 12.6. The Hall–Kier alpha value is -4.22. The Morgan fingerprint density at radius 2 is 1.76 bits per heavy atom. The SMILES string of the molecule is CCCCC/C=C\C1C[C@]1(NC(=O)[C@@H]1CCCN1C(=O)CNC(=O)NC(CN1C(=O)c2ccccc2C1=O)C1CCC1)C(=O)O. The lowest BCUT2D eigenvalue weighted by Gasteiger charge is -2.36. The first-order chi connectivity index (χ1) is 21.7. The molecule has 0 bridgehead atoms. The molecule has 4 N–H and O–H groups in total. The fraction of sp³-hybridized carbons (Fsp3) is 0.576. The molecule has 2 unspecified atom stereocenters. The van der Waals surface area contributed by atoms with E-state index in [2.05, 4.69) is 22.9 Å². The maximum absolute atomic E-state index is 13.2. The van der Waals surface area contributed by atoms with Crippen molar-refractivity contribution in [1.29, 1.82) is 0 Å². The maximum atomic E-state index is 13.2. The molecule has 1 aromatic carbocycles. The average Bonchev–Trinajstić information content (AvgIpc) is 3.35. The van der Waals surface area contributed by atoms with Crippen LogP contribution in [0.5, 0.6) is 0 Å². The molecule has 2 aliphatic heterocycles. The smallest absolute Gasteiger partial charge is 0.330 e. The topological polar surface area (TPSA) is 165 Å². The highest BCUT2D eigenvalue weighted by molar-refractivity contribution is 6.21. The van der Waals surface area contributed by atoms with E-state index < -0.39 is 41.4 Å². The van der Waals surface area contributed by atoms with Gasteiger partial charge in [0.25, 0.3) is 11.8 Å². The number of hydrogen-bond donors (Lipinski definition) is 4. The molecule has 0 radical (unpaired) electrons. The van der Waals surface area contributed by atoms with Crippen molar-refractivity contribution in [3.63, 3.8) is 0 Å². The highest BCUT2D eigenvalue weighted by Crippen LogP contribution is 2.45. The van der Waals surface area contributed by atoms with Crippen LogP contribution >= 0.6 is 0 Å². The zero-order valence-corrected chi connectivity index (χ0v) is 25.8. The summed E-state index contributed by atoms with van der Waals surface area (Å²) in [5.41, 5.74) is -0.664. The minimum Gasteiger partial charge on any atom is -0.479 e. The number of imide groups is 1. The van der Waals surface area contributed by atoms with Gasteiger partial charge < -0.3 is 26.0 Å². The first-order valence-corrected chi connectivity index (χ1v) is 16.2. The molecule has 3 fully saturated rings. The minimum absolute atomic E-state index is 0.0347. The largest absolute Gasteiger partial charge is 0.479 e. The van der Waals surface area contributed by atoms with Crippen LogP contribution in [0.25, 0.3) is 0 Å². The number of fused-ring (bicyclic) bond motifs is 1. The first-order valence-electron chi connectivity index (χ1n) is 16.2. The van der Waals surface area contributed by atoms with Crippen molar-refractivity contribution in [1.82, 2.24) is 25.8 Å². The number of nitrogens with zero attached hydrogens (tertiary/aromatic N) is 2. The van der Waals surface area contributed by atoms with E-state index in [0.29, 0.717) is 36.9 Å². The number of carboxylic acids is 1. The van der Waals surface area contributed by atoms with E-state index in [1.54, 1.807) is 24.3 Å². The Balaban J connectivity index is 1.13. The third kappa shape index (κ3) is 6.89. The summed E-state index contributed by atoms with van der Waals surface area (Å²) in [6.45, 7) is 2.12. The Morgan fingerprint density at radius 1 is 1.04 bits per heavy atom. The number of amides is 6. The van der Waals surface area contributed by atoms with E-state index in [1.807, 2.05) is 12.2 Å². The van der Waals surface area contributed by atoms with Crippen molar-refractivity contribution in [3.8, 4) is 0 Å². The highest BCUT2D eigenvalue weighted by atomic mass is 16.4. The number of likely N-dealkylation sites (tertiary alicyclic amines) is 1. The number of carbonyl (C=O) groups is 6. The van der Waals surface area contributed by atoms with Gasteiger partial charge in [-0.2, -0.15) is 0 Å². The fourth-order valence-electron chi connectivity index (χ4n) is 6.61. The third-order valence-electron chi connectivity index (χ3n) is 9.65. The number of aliphatic carboxylic acids is 1. The number of carbonyl (C=O) groups excluding carboxylic acids is 5. The summed E-state index contributed by atoms with van der Waals surface area (Å²) >= 11 is 0. The molecule has 5 rings (SSSR count). The zero-order valence-electron chi connectivity index (χ0n) is 25.8. The lowest BCUT2D eigenvalue weighted by atomic mass is 9.79. The van der Waals surface area contributed by atoms with Crippen molar-refractivity contribution in [2.75, 3.05) is 19.6 Å². The minimum atomic E-state index is -1.36. The van der Waals surface area contributed by atoms with Crippen LogP contribution in [-0.2, 0) is 14.4 Å². The number of nitrogens with one attached hydrogen (secondary N) is 3. The van der Waals surface area contributed by atoms with E-state index in [4.69, 9.17) is 0 Å². The summed E-state index contributed by atoms with van der Waals surface area (Å²) < 4.78 is 0. The molecule has 12 nitrogen and oxygen atoms in total. The second-order valence-corrected chi connectivity index (χ2v) is 12.6. The molecule has 45 heavy (non-hydrogen) atoms. The van der Waals surface area contributed by atoms with Gasteiger partial charge in [0.1, 0.15) is 11.6 Å². The summed E-state index contributed by atoms with van der Waals surface area (Å²) in [4.78, 5) is 79.7. The predicted octanol–water partition coefficient (Wildman–Crippen LogP) is 2.84. The monoisotopic (exact) mass is 621 g/mol. The number of benzene rings is 1. The van der Waals surface area contributed by atoms with Gasteiger partial charge in [-0.25, -0.2) is 9.59 Å². The molecule has 1 saturated heterocycles. The van der Waals surface area contributed by atoms with Crippen LogP contribution in [0.3, 0.4) is 0 Å². The van der Waals surface area contributed by atoms with Crippen LogP contribution in [0.1, 0.15) is 91.8 Å². The van der Waals surface area contributed by atoms with Gasteiger partial charge in [0.2, 0.25) is 11.8 Å². The molecule has 0 aromatic heterocycles. The van der Waals surface area contributed by atoms with Gasteiger partial charge in [-0.1, -0.05) is 50.5 Å². The van der Waals surface area contributed by atoms with E-state index in [1.165, 1.54) is 9.80 Å². The van der Waals surface area contributed by atoms with Gasteiger partial charge >= 0.3 is 12.0 Å². The van der Waals surface area contributed by atoms with Crippen LogP contribution in [0.2, 0.25) is 0 Å². The van der Waals surface area contributed by atoms with Gasteiger partial charge in [0, 0.05) is 19.0 Å². The fourth-order valence-corrected chi connectivity index (χ4v) is 6.61. The first kappa shape index (κ1) is 32.2. The number of rotatable bonds is 14. The molecule has 242 valence electrons. The van der Waals surface area contributed by atoms with Crippen molar-refractivity contribution < 1.29 is 33.9 Å². The Morgan fingerprint density at radius 3 is 2.38 bits per heavy atom. The molecule has 2 saturated carbocycles. The van der Waals surface area contributed by atoms with Crippen LogP contribution in [0, 0.1) is 11.8 Å². The number of carboxylic acid groups (broad SMARTS) is 1. The number of unbranched alkanes of at least 4 members (excludes halogenated alkanes) is 3. The van der Waals surface area contributed by atoms with Gasteiger partial charge in [0.15, 0.2) is 0 Å². The molecule has 2 aliphatic carbocycles. The summed E-state index contributed by atoms with van der Waals surface area (Å²) in [5.74, 6) is -3.00. The average molecular weight is 622 g/mol. The molecular weight excluding hydrogens is 578 g/mol. The van der Waals surface area contributed by atoms with Crippen LogP contribution in [0.4, 0.5) is 4.79 Å². The van der Waals surface area contributed by atoms with Gasteiger partial charge in [0.05, 0.1) is 23.7 Å². The Bertz CT molecular complexity index is 1340. The molecular formula is C33H43N5O7. The van der Waals surface area contributed by atoms with Gasteiger partial charge in [-0.15, -0.1) is 0 Å². The highest BCUT2D eigenvalue weighted by Gasteiger charge is 2.61. The van der Waals surface area contributed by atoms with Crippen molar-refractivity contribution in [2.45, 2.75) is 88.8 Å². The summed E-state index contributed by atoms with van der Waals surface area (Å²) in [6.07, 6.45) is 11.9. The summed E-state index contributed by atoms with van der Waals surface area (Å²) in [7, 11) is 0. The standard InChI is InChI=1S/C33H43N5O7/c1-2-3-4-5-6-13-22-18-33(22,31(43)44)36-28(40)26-16-10-17-37(26)27(39)19-34-32(45)35-25(21-11-9-12-21)20-38-29(41)23-14-7-8-15-24(23)30(38)42/h6-8,13-15,21-22,25-26H,2-5,9-12,16-20H2,1H3,(H,36,40)(H,43,44)(H2,34,35,45)/b13-6-/t22?,25?,26-,33+/m0/s1. The lowest BCUT2D eigenvalue weighted by molar-refractivity contribution is -0.145. The zero-order chi connectivity index (χ0) is 32.1. The molecule has 4 atom stereocenters. The van der Waals surface area contributed by atoms with E-state index >= 15 is 0 Å².